The number of ether oxygens (including phenoxy) is 2. The first-order valence-electron chi connectivity index (χ1n) is 6.49. The molecule has 0 aliphatic heterocycles. The number of hydrogen-bond acceptors (Lipinski definition) is 3. The van der Waals surface area contributed by atoms with Crippen molar-refractivity contribution in [2.24, 2.45) is 0 Å². The standard InChI is InChI=1S/C15H22O3/c1-3-4-8-17-9-10-18-12-14-6-5-7-15(11-14)13(2)16/h5-7,11H,3-4,8-10,12H2,1-2H3. The molecule has 0 fully saturated rings. The molecule has 1 aromatic rings. The van der Waals surface area contributed by atoms with Gasteiger partial charge in [0.1, 0.15) is 0 Å². The molecule has 0 unspecified atom stereocenters. The molecule has 0 saturated heterocycles. The average Bonchev–Trinajstić information content (AvgIpc) is 2.38. The molecule has 0 spiro atoms. The third-order valence-corrected chi connectivity index (χ3v) is 2.62. The van der Waals surface area contributed by atoms with Gasteiger partial charge in [0, 0.05) is 12.2 Å². The van der Waals surface area contributed by atoms with Crippen molar-refractivity contribution in [3.8, 4) is 0 Å². The molecule has 0 N–H and O–H groups in total. The van der Waals surface area contributed by atoms with E-state index in [9.17, 15) is 4.79 Å². The van der Waals surface area contributed by atoms with E-state index in [1.807, 2.05) is 24.3 Å². The lowest BCUT2D eigenvalue weighted by Gasteiger charge is -2.06. The number of rotatable bonds is 9. The van der Waals surface area contributed by atoms with Crippen molar-refractivity contribution in [3.63, 3.8) is 0 Å². The molecule has 1 aromatic carbocycles. The van der Waals surface area contributed by atoms with Crippen LogP contribution in [-0.4, -0.2) is 25.6 Å². The van der Waals surface area contributed by atoms with E-state index in [2.05, 4.69) is 6.92 Å². The fourth-order valence-electron chi connectivity index (χ4n) is 1.54. The van der Waals surface area contributed by atoms with Gasteiger partial charge in [-0.15, -0.1) is 0 Å². The lowest BCUT2D eigenvalue weighted by molar-refractivity contribution is 0.0396. The molecule has 100 valence electrons. The molecule has 18 heavy (non-hydrogen) atoms. The van der Waals surface area contributed by atoms with E-state index in [1.165, 1.54) is 0 Å². The Kier molecular flexibility index (Phi) is 7.30. The van der Waals surface area contributed by atoms with Gasteiger partial charge < -0.3 is 9.47 Å². The molecule has 0 heterocycles. The second-order valence-electron chi connectivity index (χ2n) is 4.28. The van der Waals surface area contributed by atoms with Crippen LogP contribution >= 0.6 is 0 Å². The van der Waals surface area contributed by atoms with Crippen molar-refractivity contribution < 1.29 is 14.3 Å². The minimum absolute atomic E-state index is 0.0831. The van der Waals surface area contributed by atoms with E-state index in [4.69, 9.17) is 9.47 Å². The average molecular weight is 250 g/mol. The predicted octanol–water partition coefficient (Wildman–Crippen LogP) is 3.22. The normalized spacial score (nSPS) is 10.6. The van der Waals surface area contributed by atoms with Gasteiger partial charge in [0.2, 0.25) is 0 Å². The maximum absolute atomic E-state index is 11.2. The van der Waals surface area contributed by atoms with Gasteiger partial charge in [-0.25, -0.2) is 0 Å². The maximum Gasteiger partial charge on any atom is 0.159 e. The zero-order chi connectivity index (χ0) is 13.2. The summed E-state index contributed by atoms with van der Waals surface area (Å²) < 4.78 is 10.9. The van der Waals surface area contributed by atoms with Crippen LogP contribution in [0.4, 0.5) is 0 Å². The first-order chi connectivity index (χ1) is 8.74. The second-order valence-corrected chi connectivity index (χ2v) is 4.28. The van der Waals surface area contributed by atoms with Crippen molar-refractivity contribution in [3.05, 3.63) is 35.4 Å². The Bertz CT molecular complexity index is 361. The summed E-state index contributed by atoms with van der Waals surface area (Å²) in [6.45, 7) is 6.27. The van der Waals surface area contributed by atoms with Crippen molar-refractivity contribution in [1.82, 2.24) is 0 Å². The Hall–Kier alpha value is -1.19. The Labute approximate surface area is 109 Å². The van der Waals surface area contributed by atoms with Crippen LogP contribution in [0.1, 0.15) is 42.6 Å². The topological polar surface area (TPSA) is 35.5 Å². The summed E-state index contributed by atoms with van der Waals surface area (Å²) >= 11 is 0. The molecular weight excluding hydrogens is 228 g/mol. The van der Waals surface area contributed by atoms with Crippen LogP contribution in [0.5, 0.6) is 0 Å². The number of hydrogen-bond donors (Lipinski definition) is 0. The van der Waals surface area contributed by atoms with E-state index in [-0.39, 0.29) is 5.78 Å². The Morgan fingerprint density at radius 2 is 1.94 bits per heavy atom. The number of benzene rings is 1. The molecular formula is C15H22O3. The molecule has 0 radical (unpaired) electrons. The van der Waals surface area contributed by atoms with Crippen LogP contribution in [0.15, 0.2) is 24.3 Å². The number of ketones is 1. The third-order valence-electron chi connectivity index (χ3n) is 2.62. The molecule has 0 bridgehead atoms. The largest absolute Gasteiger partial charge is 0.379 e. The lowest BCUT2D eigenvalue weighted by Crippen LogP contribution is -2.05. The molecule has 0 aliphatic carbocycles. The van der Waals surface area contributed by atoms with Crippen LogP contribution < -0.4 is 0 Å². The quantitative estimate of drug-likeness (QED) is 0.498. The molecule has 0 atom stereocenters. The summed E-state index contributed by atoms with van der Waals surface area (Å²) in [6.07, 6.45) is 2.25. The van der Waals surface area contributed by atoms with Gasteiger partial charge in [-0.1, -0.05) is 31.5 Å². The highest BCUT2D eigenvalue weighted by Crippen LogP contribution is 2.07. The number of Topliss-reactive ketones (excluding diaryl/α,β-unsaturated/α-hetero) is 1. The summed E-state index contributed by atoms with van der Waals surface area (Å²) in [6, 6.07) is 7.54. The summed E-state index contributed by atoms with van der Waals surface area (Å²) in [5.74, 6) is 0.0831. The van der Waals surface area contributed by atoms with Crippen molar-refractivity contribution >= 4 is 5.78 Å². The van der Waals surface area contributed by atoms with Gasteiger partial charge >= 0.3 is 0 Å². The minimum Gasteiger partial charge on any atom is -0.379 e. The van der Waals surface area contributed by atoms with E-state index in [1.54, 1.807) is 6.92 Å². The monoisotopic (exact) mass is 250 g/mol. The molecule has 0 amide bonds. The van der Waals surface area contributed by atoms with Gasteiger partial charge in [-0.3, -0.25) is 4.79 Å². The third kappa shape index (κ3) is 5.94. The fraction of sp³-hybridized carbons (Fsp3) is 0.533. The van der Waals surface area contributed by atoms with E-state index in [0.29, 0.717) is 19.8 Å². The second kappa shape index (κ2) is 8.84. The lowest BCUT2D eigenvalue weighted by atomic mass is 10.1. The van der Waals surface area contributed by atoms with Crippen molar-refractivity contribution in [2.45, 2.75) is 33.3 Å². The SMILES string of the molecule is CCCCOCCOCc1cccc(C(C)=O)c1. The zero-order valence-electron chi connectivity index (χ0n) is 11.3. The molecule has 0 saturated carbocycles. The van der Waals surface area contributed by atoms with E-state index >= 15 is 0 Å². The smallest absolute Gasteiger partial charge is 0.159 e. The van der Waals surface area contributed by atoms with Crippen LogP contribution in [0, 0.1) is 0 Å². The summed E-state index contributed by atoms with van der Waals surface area (Å²) in [5.41, 5.74) is 1.76. The molecule has 1 rings (SSSR count). The van der Waals surface area contributed by atoms with Crippen molar-refractivity contribution in [2.75, 3.05) is 19.8 Å². The van der Waals surface area contributed by atoms with Crippen molar-refractivity contribution in [1.29, 1.82) is 0 Å². The highest BCUT2D eigenvalue weighted by atomic mass is 16.5. The number of carbonyl (C=O) groups excluding carboxylic acids is 1. The maximum atomic E-state index is 11.2. The minimum atomic E-state index is 0.0831. The zero-order valence-corrected chi connectivity index (χ0v) is 11.3. The highest BCUT2D eigenvalue weighted by molar-refractivity contribution is 5.94. The Balaban J connectivity index is 2.19. The highest BCUT2D eigenvalue weighted by Gasteiger charge is 2.00. The van der Waals surface area contributed by atoms with Gasteiger partial charge in [0.15, 0.2) is 5.78 Å². The van der Waals surface area contributed by atoms with Gasteiger partial charge in [-0.2, -0.15) is 0 Å². The van der Waals surface area contributed by atoms with Crippen LogP contribution in [0.3, 0.4) is 0 Å². The van der Waals surface area contributed by atoms with E-state index in [0.717, 1.165) is 30.6 Å². The summed E-state index contributed by atoms with van der Waals surface area (Å²) in [4.78, 5) is 11.2. The van der Waals surface area contributed by atoms with Gasteiger partial charge in [0.25, 0.3) is 0 Å². The fourth-order valence-corrected chi connectivity index (χ4v) is 1.54. The Morgan fingerprint density at radius 1 is 1.17 bits per heavy atom. The molecule has 3 heteroatoms. The molecule has 0 aromatic heterocycles. The number of unbranched alkanes of at least 4 members (excludes halogenated alkanes) is 1. The summed E-state index contributed by atoms with van der Waals surface area (Å²) in [7, 11) is 0. The predicted molar refractivity (Wildman–Crippen MR) is 71.8 cm³/mol. The van der Waals surface area contributed by atoms with Crippen LogP contribution in [0.2, 0.25) is 0 Å². The summed E-state index contributed by atoms with van der Waals surface area (Å²) in [5, 5.41) is 0. The van der Waals surface area contributed by atoms with Crippen LogP contribution in [-0.2, 0) is 16.1 Å². The molecule has 0 aliphatic rings. The first kappa shape index (κ1) is 14.9. The molecule has 3 nitrogen and oxygen atoms in total. The van der Waals surface area contributed by atoms with Gasteiger partial charge in [0.05, 0.1) is 19.8 Å². The first-order valence-corrected chi connectivity index (χ1v) is 6.49. The Morgan fingerprint density at radius 3 is 2.67 bits per heavy atom. The van der Waals surface area contributed by atoms with E-state index < -0.39 is 0 Å². The van der Waals surface area contributed by atoms with Gasteiger partial charge in [-0.05, 0) is 25.0 Å². The number of carbonyl (C=O) groups is 1. The van der Waals surface area contributed by atoms with Crippen LogP contribution in [0.25, 0.3) is 0 Å².